The van der Waals surface area contributed by atoms with E-state index in [0.29, 0.717) is 17.3 Å². The Morgan fingerprint density at radius 1 is 1.03 bits per heavy atom. The Hall–Kier alpha value is -3.31. The number of benzene rings is 3. The van der Waals surface area contributed by atoms with Crippen LogP contribution in [-0.4, -0.2) is 22.5 Å². The molecule has 0 spiro atoms. The fraction of sp³-hybridized carbons (Fsp3) is 0.125. The predicted octanol–water partition coefficient (Wildman–Crippen LogP) is 6.14. The summed E-state index contributed by atoms with van der Waals surface area (Å²) in [4.78, 5) is 18.5. The van der Waals surface area contributed by atoms with Crippen molar-refractivity contribution in [2.75, 3.05) is 11.9 Å². The average molecular weight is 420 g/mol. The summed E-state index contributed by atoms with van der Waals surface area (Å²) in [5.41, 5.74) is 4.74. The molecule has 0 saturated heterocycles. The van der Waals surface area contributed by atoms with Gasteiger partial charge in [0.2, 0.25) is 0 Å². The van der Waals surface area contributed by atoms with E-state index < -0.39 is 0 Å². The second kappa shape index (κ2) is 7.50. The maximum Gasteiger partial charge on any atom is 0.322 e. The normalized spacial score (nSPS) is 15.8. The third kappa shape index (κ3) is 3.31. The van der Waals surface area contributed by atoms with Crippen molar-refractivity contribution < 1.29 is 9.18 Å². The lowest BCUT2D eigenvalue weighted by atomic mass is 9.92. The summed E-state index contributed by atoms with van der Waals surface area (Å²) in [6, 6.07) is 20.9. The number of fused-ring (bicyclic) bond motifs is 3. The van der Waals surface area contributed by atoms with Crippen molar-refractivity contribution in [3.05, 3.63) is 100 Å². The van der Waals surface area contributed by atoms with E-state index in [1.807, 2.05) is 18.2 Å². The van der Waals surface area contributed by atoms with Crippen molar-refractivity contribution >= 4 is 34.2 Å². The highest BCUT2D eigenvalue weighted by Gasteiger charge is 2.34. The first-order valence-corrected chi connectivity index (χ1v) is 10.2. The fourth-order valence-corrected chi connectivity index (χ4v) is 4.31. The molecule has 5 rings (SSSR count). The first kappa shape index (κ1) is 18.7. The molecule has 0 bridgehead atoms. The van der Waals surface area contributed by atoms with Gasteiger partial charge in [0.15, 0.2) is 0 Å². The summed E-state index contributed by atoms with van der Waals surface area (Å²) >= 11 is 5.95. The van der Waals surface area contributed by atoms with Crippen LogP contribution in [0.15, 0.2) is 72.8 Å². The first-order valence-electron chi connectivity index (χ1n) is 9.78. The molecule has 2 heterocycles. The molecule has 0 fully saturated rings. The molecule has 3 aromatic carbocycles. The smallest absolute Gasteiger partial charge is 0.322 e. The maximum absolute atomic E-state index is 13.6. The quantitative estimate of drug-likeness (QED) is 0.402. The van der Waals surface area contributed by atoms with Crippen LogP contribution in [0.1, 0.15) is 22.9 Å². The third-order valence-electron chi connectivity index (χ3n) is 5.58. The van der Waals surface area contributed by atoms with Crippen molar-refractivity contribution in [2.24, 2.45) is 0 Å². The van der Waals surface area contributed by atoms with E-state index in [9.17, 15) is 9.18 Å². The highest BCUT2D eigenvalue weighted by molar-refractivity contribution is 6.30. The average Bonchev–Trinajstić information content (AvgIpc) is 3.14. The molecule has 4 nitrogen and oxygen atoms in total. The minimum atomic E-state index is -0.339. The Bertz CT molecular complexity index is 1220. The number of anilines is 1. The predicted molar refractivity (Wildman–Crippen MR) is 117 cm³/mol. The Balaban J connectivity index is 1.56. The number of halogens is 2. The molecule has 0 unspecified atom stereocenters. The van der Waals surface area contributed by atoms with Gasteiger partial charge in [-0.15, -0.1) is 0 Å². The van der Waals surface area contributed by atoms with Gasteiger partial charge in [-0.3, -0.25) is 0 Å². The van der Waals surface area contributed by atoms with E-state index in [1.165, 1.54) is 17.7 Å². The van der Waals surface area contributed by atoms with Crippen LogP contribution in [0.25, 0.3) is 10.9 Å². The number of hydrogen-bond donors (Lipinski definition) is 2. The van der Waals surface area contributed by atoms with Crippen LogP contribution in [0, 0.1) is 5.82 Å². The number of aromatic nitrogens is 1. The number of rotatable bonds is 2. The number of amides is 2. The monoisotopic (exact) mass is 419 g/mol. The number of nitrogens with zero attached hydrogens (tertiary/aromatic N) is 1. The molecule has 2 N–H and O–H groups in total. The summed E-state index contributed by atoms with van der Waals surface area (Å²) in [7, 11) is 0. The highest BCUT2D eigenvalue weighted by Crippen LogP contribution is 2.38. The first-order chi connectivity index (χ1) is 14.6. The standard InChI is InChI=1S/C24H19ClFN3O/c25-16-7-11-18(12-8-16)27-24(30)29-14-13-20-19-3-1-2-4-21(19)28-22(20)23(29)15-5-9-17(26)10-6-15/h1-12,23,28H,13-14H2,(H,27,30)/t23-/m0/s1. The number of nitrogens with one attached hydrogen (secondary N) is 2. The van der Waals surface area contributed by atoms with Crippen molar-refractivity contribution in [3.63, 3.8) is 0 Å². The van der Waals surface area contributed by atoms with Crippen LogP contribution in [0.5, 0.6) is 0 Å². The molecular formula is C24H19ClFN3O. The molecule has 0 radical (unpaired) electrons. The molecule has 4 aromatic rings. The second-order valence-electron chi connectivity index (χ2n) is 7.40. The summed E-state index contributed by atoms with van der Waals surface area (Å²) < 4.78 is 13.6. The number of aromatic amines is 1. The van der Waals surface area contributed by atoms with Gasteiger partial charge in [-0.2, -0.15) is 0 Å². The minimum absolute atomic E-state index is 0.212. The molecule has 0 aliphatic carbocycles. The van der Waals surface area contributed by atoms with Crippen LogP contribution >= 0.6 is 11.6 Å². The topological polar surface area (TPSA) is 48.1 Å². The molecule has 6 heteroatoms. The zero-order chi connectivity index (χ0) is 20.7. The van der Waals surface area contributed by atoms with E-state index in [0.717, 1.165) is 28.6 Å². The van der Waals surface area contributed by atoms with Crippen molar-refractivity contribution in [1.82, 2.24) is 9.88 Å². The number of hydrogen-bond acceptors (Lipinski definition) is 1. The van der Waals surface area contributed by atoms with Gasteiger partial charge in [-0.05, 0) is 60.0 Å². The zero-order valence-corrected chi connectivity index (χ0v) is 16.8. The lowest BCUT2D eigenvalue weighted by Crippen LogP contribution is -2.43. The van der Waals surface area contributed by atoms with Crippen LogP contribution in [0.4, 0.5) is 14.9 Å². The lowest BCUT2D eigenvalue weighted by Gasteiger charge is -2.36. The largest absolute Gasteiger partial charge is 0.356 e. The Morgan fingerprint density at radius 2 is 1.77 bits per heavy atom. The van der Waals surface area contributed by atoms with Gasteiger partial charge in [0.25, 0.3) is 0 Å². The van der Waals surface area contributed by atoms with Gasteiger partial charge >= 0.3 is 6.03 Å². The molecule has 0 saturated carbocycles. The molecule has 150 valence electrons. The fourth-order valence-electron chi connectivity index (χ4n) is 4.18. The lowest BCUT2D eigenvalue weighted by molar-refractivity contribution is 0.193. The van der Waals surface area contributed by atoms with Gasteiger partial charge in [0.05, 0.1) is 6.04 Å². The number of para-hydroxylation sites is 1. The molecule has 1 aliphatic rings. The minimum Gasteiger partial charge on any atom is -0.356 e. The maximum atomic E-state index is 13.6. The Morgan fingerprint density at radius 3 is 2.53 bits per heavy atom. The molecule has 1 aromatic heterocycles. The third-order valence-corrected chi connectivity index (χ3v) is 5.83. The van der Waals surface area contributed by atoms with Gasteiger partial charge < -0.3 is 15.2 Å². The number of carbonyl (C=O) groups is 1. The van der Waals surface area contributed by atoms with E-state index in [2.05, 4.69) is 16.4 Å². The van der Waals surface area contributed by atoms with E-state index in [-0.39, 0.29) is 17.9 Å². The number of H-pyrrole nitrogens is 1. The SMILES string of the molecule is O=C(Nc1ccc(Cl)cc1)N1CCc2c([nH]c3ccccc23)[C@@H]1c1ccc(F)cc1. The molecule has 1 aliphatic heterocycles. The molecule has 2 amide bonds. The summed E-state index contributed by atoms with van der Waals surface area (Å²) in [6.45, 7) is 0.552. The Kier molecular flexibility index (Phi) is 4.68. The summed E-state index contributed by atoms with van der Waals surface area (Å²) in [6.07, 6.45) is 0.741. The zero-order valence-electron chi connectivity index (χ0n) is 16.0. The Labute approximate surface area is 178 Å². The second-order valence-corrected chi connectivity index (χ2v) is 7.83. The van der Waals surface area contributed by atoms with Gasteiger partial charge in [0, 0.05) is 33.9 Å². The van der Waals surface area contributed by atoms with E-state index >= 15 is 0 Å². The molecule has 1 atom stereocenters. The molecule has 30 heavy (non-hydrogen) atoms. The van der Waals surface area contributed by atoms with Crippen molar-refractivity contribution in [1.29, 1.82) is 0 Å². The van der Waals surface area contributed by atoms with Crippen LogP contribution in [0.3, 0.4) is 0 Å². The number of carbonyl (C=O) groups excluding carboxylic acids is 1. The van der Waals surface area contributed by atoms with Crippen LogP contribution in [-0.2, 0) is 6.42 Å². The van der Waals surface area contributed by atoms with Gasteiger partial charge in [-0.25, -0.2) is 9.18 Å². The highest BCUT2D eigenvalue weighted by atomic mass is 35.5. The van der Waals surface area contributed by atoms with E-state index in [4.69, 9.17) is 11.6 Å². The van der Waals surface area contributed by atoms with E-state index in [1.54, 1.807) is 41.3 Å². The van der Waals surface area contributed by atoms with Crippen LogP contribution < -0.4 is 5.32 Å². The van der Waals surface area contributed by atoms with Crippen molar-refractivity contribution in [2.45, 2.75) is 12.5 Å². The van der Waals surface area contributed by atoms with Gasteiger partial charge in [-0.1, -0.05) is 41.9 Å². The van der Waals surface area contributed by atoms with Crippen LogP contribution in [0.2, 0.25) is 5.02 Å². The van der Waals surface area contributed by atoms with Crippen molar-refractivity contribution in [3.8, 4) is 0 Å². The summed E-state index contributed by atoms with van der Waals surface area (Å²) in [5.74, 6) is -0.302. The number of urea groups is 1. The summed E-state index contributed by atoms with van der Waals surface area (Å²) in [5, 5.41) is 4.73. The molecular weight excluding hydrogens is 401 g/mol. The van der Waals surface area contributed by atoms with Gasteiger partial charge in [0.1, 0.15) is 5.82 Å².